The molecule has 3 N–H and O–H groups in total. The van der Waals surface area contributed by atoms with Gasteiger partial charge in [-0.3, -0.25) is 14.6 Å². The van der Waals surface area contributed by atoms with E-state index in [2.05, 4.69) is 46.8 Å². The summed E-state index contributed by atoms with van der Waals surface area (Å²) in [7, 11) is 0. The Balaban J connectivity index is 1.39. The fourth-order valence-corrected chi connectivity index (χ4v) is 3.76. The van der Waals surface area contributed by atoms with Crippen molar-refractivity contribution >= 4 is 39.1 Å². The van der Waals surface area contributed by atoms with Crippen LogP contribution in [-0.2, 0) is 11.0 Å². The highest BCUT2D eigenvalue weighted by molar-refractivity contribution is 9.10. The first-order valence-electron chi connectivity index (χ1n) is 10.6. The van der Waals surface area contributed by atoms with Crippen molar-refractivity contribution in [3.63, 3.8) is 0 Å². The number of anilines is 2. The number of amides is 2. The van der Waals surface area contributed by atoms with Crippen molar-refractivity contribution in [3.8, 4) is 0 Å². The molecule has 35 heavy (non-hydrogen) atoms. The van der Waals surface area contributed by atoms with E-state index in [1.54, 1.807) is 19.1 Å². The van der Waals surface area contributed by atoms with Crippen LogP contribution >= 0.6 is 15.9 Å². The number of benzene rings is 1. The number of hydrogen-bond acceptors (Lipinski definition) is 6. The zero-order valence-electron chi connectivity index (χ0n) is 18.4. The van der Waals surface area contributed by atoms with Crippen molar-refractivity contribution in [2.45, 2.75) is 37.5 Å². The molecule has 2 amide bonds. The van der Waals surface area contributed by atoms with Crippen LogP contribution in [-0.4, -0.2) is 32.3 Å². The highest BCUT2D eigenvalue weighted by atomic mass is 79.9. The molecule has 0 aliphatic heterocycles. The van der Waals surface area contributed by atoms with Crippen LogP contribution in [0.3, 0.4) is 0 Å². The van der Waals surface area contributed by atoms with Crippen molar-refractivity contribution in [2.75, 3.05) is 5.32 Å². The molecule has 0 radical (unpaired) electrons. The van der Waals surface area contributed by atoms with Gasteiger partial charge in [0.2, 0.25) is 5.91 Å². The van der Waals surface area contributed by atoms with E-state index in [4.69, 9.17) is 0 Å². The Hall–Kier alpha value is -3.54. The number of carbonyl (C=O) groups excluding carboxylic acids is 2. The van der Waals surface area contributed by atoms with Gasteiger partial charge in [-0.25, -0.2) is 9.97 Å². The molecular formula is C23H20BrF3N6O2. The highest BCUT2D eigenvalue weighted by Crippen LogP contribution is 2.38. The molecule has 0 spiro atoms. The summed E-state index contributed by atoms with van der Waals surface area (Å²) in [4.78, 5) is 37.1. The van der Waals surface area contributed by atoms with Crippen molar-refractivity contribution in [2.24, 2.45) is 0 Å². The first-order valence-corrected chi connectivity index (χ1v) is 11.3. The molecule has 1 aliphatic carbocycles. The Labute approximate surface area is 206 Å². The zero-order valence-corrected chi connectivity index (χ0v) is 19.9. The normalized spacial score (nSPS) is 15.1. The summed E-state index contributed by atoms with van der Waals surface area (Å²) in [5.41, 5.74) is -0.797. The summed E-state index contributed by atoms with van der Waals surface area (Å²) < 4.78 is 40.4. The number of hydrogen-bond donors (Lipinski definition) is 3. The third kappa shape index (κ3) is 5.76. The van der Waals surface area contributed by atoms with E-state index >= 15 is 0 Å². The predicted molar refractivity (Wildman–Crippen MR) is 125 cm³/mol. The molecule has 3 aromatic rings. The van der Waals surface area contributed by atoms with Gasteiger partial charge in [-0.1, -0.05) is 15.9 Å². The number of alkyl halides is 3. The van der Waals surface area contributed by atoms with Gasteiger partial charge in [0.15, 0.2) is 0 Å². The fourth-order valence-electron chi connectivity index (χ4n) is 3.40. The largest absolute Gasteiger partial charge is 0.418 e. The van der Waals surface area contributed by atoms with Crippen LogP contribution in [0.4, 0.5) is 24.5 Å². The van der Waals surface area contributed by atoms with E-state index in [0.717, 1.165) is 6.07 Å². The van der Waals surface area contributed by atoms with E-state index < -0.39 is 29.2 Å². The van der Waals surface area contributed by atoms with Crippen LogP contribution in [0.2, 0.25) is 0 Å². The van der Waals surface area contributed by atoms with Crippen LogP contribution in [0, 0.1) is 0 Å². The lowest BCUT2D eigenvalue weighted by molar-refractivity contribution is -0.137. The molecule has 8 nitrogen and oxygen atoms in total. The smallest absolute Gasteiger partial charge is 0.354 e. The minimum absolute atomic E-state index is 0.105. The second-order valence-corrected chi connectivity index (χ2v) is 9.06. The Kier molecular flexibility index (Phi) is 6.75. The van der Waals surface area contributed by atoms with Crippen molar-refractivity contribution in [3.05, 3.63) is 76.5 Å². The van der Waals surface area contributed by atoms with Crippen LogP contribution in [0.5, 0.6) is 0 Å². The summed E-state index contributed by atoms with van der Waals surface area (Å²) in [5.74, 6) is -0.783. The minimum Gasteiger partial charge on any atom is -0.354 e. The number of halogens is 4. The Bertz CT molecular complexity index is 1230. The van der Waals surface area contributed by atoms with Crippen molar-refractivity contribution < 1.29 is 22.8 Å². The standard InChI is InChI=1S/C23H20BrF3N6O2/c1-13(31-21(35)22(6-7-22)33-20(34)14-9-28-12-29-10-14)18-5-3-16(11-30-18)32-19-4-2-15(24)8-17(19)23(25,26)27/h2-5,8-13,32H,6-7H2,1H3,(H,31,35)(H,33,34). The molecule has 1 aromatic carbocycles. The average Bonchev–Trinajstić information content (AvgIpc) is 3.61. The van der Waals surface area contributed by atoms with Crippen LogP contribution in [0.15, 0.2) is 59.7 Å². The van der Waals surface area contributed by atoms with Gasteiger partial charge in [-0.2, -0.15) is 13.2 Å². The molecular weight excluding hydrogens is 529 g/mol. The zero-order chi connectivity index (χ0) is 25.2. The summed E-state index contributed by atoms with van der Waals surface area (Å²) in [6.07, 6.45) is 1.89. The maximum Gasteiger partial charge on any atom is 0.418 e. The lowest BCUT2D eigenvalue weighted by atomic mass is 10.1. The van der Waals surface area contributed by atoms with Gasteiger partial charge in [0.05, 0.1) is 40.4 Å². The fraction of sp³-hybridized carbons (Fsp3) is 0.261. The lowest BCUT2D eigenvalue weighted by Crippen LogP contribution is -2.49. The Morgan fingerprint density at radius 3 is 2.40 bits per heavy atom. The van der Waals surface area contributed by atoms with Crippen LogP contribution in [0.25, 0.3) is 0 Å². The molecule has 1 saturated carbocycles. The monoisotopic (exact) mass is 548 g/mol. The minimum atomic E-state index is -4.53. The van der Waals surface area contributed by atoms with E-state index in [1.165, 1.54) is 37.1 Å². The molecule has 0 saturated heterocycles. The van der Waals surface area contributed by atoms with Crippen molar-refractivity contribution in [1.82, 2.24) is 25.6 Å². The van der Waals surface area contributed by atoms with E-state index in [-0.39, 0.29) is 17.2 Å². The molecule has 4 rings (SSSR count). The topological polar surface area (TPSA) is 109 Å². The number of nitrogens with zero attached hydrogens (tertiary/aromatic N) is 3. The molecule has 12 heteroatoms. The Morgan fingerprint density at radius 1 is 1.09 bits per heavy atom. The van der Waals surface area contributed by atoms with Gasteiger partial charge < -0.3 is 16.0 Å². The predicted octanol–water partition coefficient (Wildman–Crippen LogP) is 4.54. The Morgan fingerprint density at radius 2 is 1.80 bits per heavy atom. The summed E-state index contributed by atoms with van der Waals surface area (Å²) in [5, 5.41) is 8.32. The SMILES string of the molecule is CC(NC(=O)C1(NC(=O)c2cncnc2)CC1)c1ccc(Nc2ccc(Br)cc2C(F)(F)F)cn1. The van der Waals surface area contributed by atoms with Crippen LogP contribution < -0.4 is 16.0 Å². The summed E-state index contributed by atoms with van der Waals surface area (Å²) in [6.45, 7) is 1.73. The third-order valence-corrected chi connectivity index (χ3v) is 6.00. The van der Waals surface area contributed by atoms with Gasteiger partial charge >= 0.3 is 6.18 Å². The quantitative estimate of drug-likeness (QED) is 0.400. The highest BCUT2D eigenvalue weighted by Gasteiger charge is 2.51. The number of rotatable bonds is 7. The van der Waals surface area contributed by atoms with Gasteiger partial charge in [0.1, 0.15) is 11.9 Å². The number of pyridine rings is 1. The molecule has 2 aromatic heterocycles. The maximum atomic E-state index is 13.4. The molecule has 1 aliphatic rings. The molecule has 1 unspecified atom stereocenters. The molecule has 1 fully saturated rings. The first kappa shape index (κ1) is 24.6. The summed E-state index contributed by atoms with van der Waals surface area (Å²) in [6, 6.07) is 6.53. The lowest BCUT2D eigenvalue weighted by Gasteiger charge is -2.21. The number of nitrogens with one attached hydrogen (secondary N) is 3. The van der Waals surface area contributed by atoms with Gasteiger partial charge in [-0.15, -0.1) is 0 Å². The first-order chi connectivity index (χ1) is 16.6. The van der Waals surface area contributed by atoms with E-state index in [9.17, 15) is 22.8 Å². The molecule has 182 valence electrons. The molecule has 1 atom stereocenters. The molecule has 2 heterocycles. The number of aromatic nitrogens is 3. The van der Waals surface area contributed by atoms with Crippen LogP contribution in [0.1, 0.15) is 47.4 Å². The van der Waals surface area contributed by atoms with E-state index in [1.807, 2.05) is 0 Å². The second kappa shape index (κ2) is 9.61. The maximum absolute atomic E-state index is 13.4. The van der Waals surface area contributed by atoms with Gasteiger partial charge in [-0.05, 0) is 50.1 Å². The summed E-state index contributed by atoms with van der Waals surface area (Å²) >= 11 is 3.06. The van der Waals surface area contributed by atoms with Gasteiger partial charge in [0, 0.05) is 16.9 Å². The third-order valence-electron chi connectivity index (χ3n) is 5.50. The van der Waals surface area contributed by atoms with Gasteiger partial charge in [0.25, 0.3) is 5.91 Å². The average molecular weight is 549 g/mol. The van der Waals surface area contributed by atoms with Crippen molar-refractivity contribution in [1.29, 1.82) is 0 Å². The molecule has 0 bridgehead atoms. The second-order valence-electron chi connectivity index (χ2n) is 8.14. The number of carbonyl (C=O) groups is 2. The van der Waals surface area contributed by atoms with E-state index in [0.29, 0.717) is 28.7 Å².